The Hall–Kier alpha value is -3.19. The number of halogens is 1. The molecule has 0 bridgehead atoms. The number of ether oxygens (including phenoxy) is 1. The highest BCUT2D eigenvalue weighted by molar-refractivity contribution is 5.95. The summed E-state index contributed by atoms with van der Waals surface area (Å²) in [6, 6.07) is 14.2. The number of rotatable bonds is 5. The standard InChI is InChI=1S/C22H22FN3O3/c1-15-20(24-22(29-15)18-9-8-17(28-2)12-19(18)23)13-25-10-11-26(21(27)14-25)16-6-4-3-5-7-16/h3-9,12H,10-11,13-14H2,1-2H3. The van der Waals surface area contributed by atoms with E-state index < -0.39 is 5.82 Å². The average Bonchev–Trinajstić information content (AvgIpc) is 3.08. The average molecular weight is 395 g/mol. The number of anilines is 1. The van der Waals surface area contributed by atoms with Crippen molar-refractivity contribution in [3.63, 3.8) is 0 Å². The van der Waals surface area contributed by atoms with Gasteiger partial charge in [0.1, 0.15) is 17.3 Å². The molecule has 0 radical (unpaired) electrons. The van der Waals surface area contributed by atoms with Crippen molar-refractivity contribution in [1.82, 2.24) is 9.88 Å². The maximum atomic E-state index is 14.3. The fourth-order valence-electron chi connectivity index (χ4n) is 3.44. The van der Waals surface area contributed by atoms with Crippen LogP contribution in [0.2, 0.25) is 0 Å². The molecule has 4 rings (SSSR count). The van der Waals surface area contributed by atoms with Crippen molar-refractivity contribution in [1.29, 1.82) is 0 Å². The fourth-order valence-corrected chi connectivity index (χ4v) is 3.44. The lowest BCUT2D eigenvalue weighted by Gasteiger charge is -2.34. The van der Waals surface area contributed by atoms with E-state index in [9.17, 15) is 9.18 Å². The predicted octanol–water partition coefficient (Wildman–Crippen LogP) is 3.65. The summed E-state index contributed by atoms with van der Waals surface area (Å²) in [6.45, 7) is 3.91. The number of aryl methyl sites for hydroxylation is 1. The van der Waals surface area contributed by atoms with E-state index in [1.807, 2.05) is 35.2 Å². The maximum absolute atomic E-state index is 14.3. The highest BCUT2D eigenvalue weighted by Crippen LogP contribution is 2.28. The number of hydrogen-bond acceptors (Lipinski definition) is 5. The number of oxazole rings is 1. The topological polar surface area (TPSA) is 58.8 Å². The molecule has 0 saturated carbocycles. The zero-order chi connectivity index (χ0) is 20.4. The van der Waals surface area contributed by atoms with Crippen molar-refractivity contribution in [3.8, 4) is 17.2 Å². The Kier molecular flexibility index (Phi) is 5.31. The molecule has 3 aromatic rings. The number of aromatic nitrogens is 1. The molecule has 2 heterocycles. The van der Waals surface area contributed by atoms with Gasteiger partial charge in [0.15, 0.2) is 0 Å². The third-order valence-corrected chi connectivity index (χ3v) is 5.04. The molecule has 1 aliphatic heterocycles. The van der Waals surface area contributed by atoms with Gasteiger partial charge < -0.3 is 14.1 Å². The highest BCUT2D eigenvalue weighted by Gasteiger charge is 2.26. The molecule has 0 spiro atoms. The molecular weight excluding hydrogens is 373 g/mol. The quantitative estimate of drug-likeness (QED) is 0.660. The molecule has 1 aliphatic rings. The van der Waals surface area contributed by atoms with Gasteiger partial charge in [-0.2, -0.15) is 0 Å². The molecule has 6 nitrogen and oxygen atoms in total. The molecule has 29 heavy (non-hydrogen) atoms. The van der Waals surface area contributed by atoms with Gasteiger partial charge in [0.05, 0.1) is 24.9 Å². The van der Waals surface area contributed by atoms with Crippen LogP contribution in [0.5, 0.6) is 5.75 Å². The first-order valence-electron chi connectivity index (χ1n) is 9.43. The third kappa shape index (κ3) is 4.00. The fraction of sp³-hybridized carbons (Fsp3) is 0.273. The largest absolute Gasteiger partial charge is 0.497 e. The molecule has 0 unspecified atom stereocenters. The van der Waals surface area contributed by atoms with Crippen molar-refractivity contribution in [2.75, 3.05) is 31.6 Å². The number of benzene rings is 2. The molecule has 2 aromatic carbocycles. The second-order valence-electron chi connectivity index (χ2n) is 6.96. The van der Waals surface area contributed by atoms with Crippen molar-refractivity contribution in [2.24, 2.45) is 0 Å². The number of para-hydroxylation sites is 1. The maximum Gasteiger partial charge on any atom is 0.241 e. The van der Waals surface area contributed by atoms with Crippen LogP contribution in [0.3, 0.4) is 0 Å². The molecular formula is C22H22FN3O3. The molecule has 0 aliphatic carbocycles. The van der Waals surface area contributed by atoms with E-state index in [0.717, 1.165) is 12.2 Å². The summed E-state index contributed by atoms with van der Waals surface area (Å²) in [4.78, 5) is 20.9. The van der Waals surface area contributed by atoms with E-state index in [4.69, 9.17) is 9.15 Å². The summed E-state index contributed by atoms with van der Waals surface area (Å²) in [7, 11) is 1.49. The number of carbonyl (C=O) groups excluding carboxylic acids is 1. The van der Waals surface area contributed by atoms with Crippen molar-refractivity contribution >= 4 is 11.6 Å². The van der Waals surface area contributed by atoms with E-state index in [0.29, 0.717) is 36.8 Å². The first kappa shape index (κ1) is 19.1. The van der Waals surface area contributed by atoms with Crippen molar-refractivity contribution in [2.45, 2.75) is 13.5 Å². The Bertz CT molecular complexity index is 1020. The number of piperazine rings is 1. The van der Waals surface area contributed by atoms with Crippen LogP contribution in [0, 0.1) is 12.7 Å². The van der Waals surface area contributed by atoms with Crippen molar-refractivity contribution < 1.29 is 18.3 Å². The second kappa shape index (κ2) is 8.05. The van der Waals surface area contributed by atoms with Gasteiger partial charge in [-0.15, -0.1) is 0 Å². The van der Waals surface area contributed by atoms with Crippen LogP contribution in [-0.2, 0) is 11.3 Å². The van der Waals surface area contributed by atoms with Crippen LogP contribution in [0.15, 0.2) is 52.9 Å². The molecule has 1 amide bonds. The smallest absolute Gasteiger partial charge is 0.241 e. The zero-order valence-corrected chi connectivity index (χ0v) is 16.4. The Morgan fingerprint density at radius 2 is 1.97 bits per heavy atom. The number of amides is 1. The number of carbonyl (C=O) groups is 1. The molecule has 0 N–H and O–H groups in total. The van der Waals surface area contributed by atoms with Crippen LogP contribution in [0.25, 0.3) is 11.5 Å². The lowest BCUT2D eigenvalue weighted by atomic mass is 10.2. The highest BCUT2D eigenvalue weighted by atomic mass is 19.1. The first-order valence-corrected chi connectivity index (χ1v) is 9.43. The first-order chi connectivity index (χ1) is 14.0. The van der Waals surface area contributed by atoms with Crippen LogP contribution >= 0.6 is 0 Å². The van der Waals surface area contributed by atoms with Crippen LogP contribution in [-0.4, -0.2) is 42.5 Å². The van der Waals surface area contributed by atoms with Gasteiger partial charge >= 0.3 is 0 Å². The normalized spacial score (nSPS) is 15.0. The summed E-state index contributed by atoms with van der Waals surface area (Å²) in [6.07, 6.45) is 0. The summed E-state index contributed by atoms with van der Waals surface area (Å²) < 4.78 is 25.1. The van der Waals surface area contributed by atoms with Gasteiger partial charge in [-0.3, -0.25) is 9.69 Å². The molecule has 1 saturated heterocycles. The van der Waals surface area contributed by atoms with Crippen molar-refractivity contribution in [3.05, 3.63) is 65.8 Å². The van der Waals surface area contributed by atoms with Gasteiger partial charge in [0.25, 0.3) is 0 Å². The van der Waals surface area contributed by atoms with Crippen LogP contribution in [0.4, 0.5) is 10.1 Å². The summed E-state index contributed by atoms with van der Waals surface area (Å²) >= 11 is 0. The summed E-state index contributed by atoms with van der Waals surface area (Å²) in [5, 5.41) is 0. The lowest BCUT2D eigenvalue weighted by Crippen LogP contribution is -2.50. The number of hydrogen-bond donors (Lipinski definition) is 0. The minimum Gasteiger partial charge on any atom is -0.497 e. The molecule has 1 aromatic heterocycles. The Morgan fingerprint density at radius 1 is 1.17 bits per heavy atom. The minimum absolute atomic E-state index is 0.0463. The minimum atomic E-state index is -0.455. The van der Waals surface area contributed by atoms with Gasteiger partial charge in [-0.25, -0.2) is 9.37 Å². The van der Waals surface area contributed by atoms with Gasteiger partial charge in [0, 0.05) is 31.4 Å². The monoisotopic (exact) mass is 395 g/mol. The summed E-state index contributed by atoms with van der Waals surface area (Å²) in [5.74, 6) is 0.874. The van der Waals surface area contributed by atoms with Crippen LogP contribution in [0.1, 0.15) is 11.5 Å². The Balaban J connectivity index is 1.46. The number of methoxy groups -OCH3 is 1. The predicted molar refractivity (Wildman–Crippen MR) is 107 cm³/mol. The third-order valence-electron chi connectivity index (χ3n) is 5.04. The molecule has 7 heteroatoms. The molecule has 0 atom stereocenters. The summed E-state index contributed by atoms with van der Waals surface area (Å²) in [5.41, 5.74) is 1.90. The second-order valence-corrected chi connectivity index (χ2v) is 6.96. The number of nitrogens with zero attached hydrogens (tertiary/aromatic N) is 3. The SMILES string of the molecule is COc1ccc(-c2nc(CN3CCN(c4ccccc4)C(=O)C3)c(C)o2)c(F)c1. The Morgan fingerprint density at radius 3 is 2.66 bits per heavy atom. The van der Waals surface area contributed by atoms with E-state index in [1.54, 1.807) is 24.0 Å². The zero-order valence-electron chi connectivity index (χ0n) is 16.4. The van der Waals surface area contributed by atoms with E-state index in [-0.39, 0.29) is 17.4 Å². The van der Waals surface area contributed by atoms with Gasteiger partial charge in [0.2, 0.25) is 11.8 Å². The van der Waals surface area contributed by atoms with Gasteiger partial charge in [-0.1, -0.05) is 18.2 Å². The lowest BCUT2D eigenvalue weighted by molar-refractivity contribution is -0.121. The Labute approximate surface area is 168 Å². The van der Waals surface area contributed by atoms with E-state index >= 15 is 0 Å². The van der Waals surface area contributed by atoms with E-state index in [2.05, 4.69) is 4.98 Å². The molecule has 1 fully saturated rings. The van der Waals surface area contributed by atoms with Crippen LogP contribution < -0.4 is 9.64 Å². The van der Waals surface area contributed by atoms with Gasteiger partial charge in [-0.05, 0) is 31.2 Å². The molecule has 150 valence electrons. The van der Waals surface area contributed by atoms with E-state index in [1.165, 1.54) is 13.2 Å².